The van der Waals surface area contributed by atoms with E-state index in [0.717, 1.165) is 12.8 Å². The first-order valence-electron chi connectivity index (χ1n) is 11.5. The Kier molecular flexibility index (Phi) is 9.09. The van der Waals surface area contributed by atoms with Crippen LogP contribution in [0.4, 0.5) is 10.2 Å². The number of nitrogens with one attached hydrogen (secondary N) is 2. The number of aromatic nitrogens is 1. The molecule has 1 aliphatic heterocycles. The number of pyridine rings is 1. The number of amides is 3. The minimum atomic E-state index is -0.974. The summed E-state index contributed by atoms with van der Waals surface area (Å²) in [7, 11) is 0. The minimum absolute atomic E-state index is 0.0701. The SMILES string of the molecule is CC(C)NC(=O)[C@H](c1ccc(F)cc1)N(C[C@@H]1CCCO1)C(=O)CCC(=O)Nc1ccccn1. The second-order valence-electron chi connectivity index (χ2n) is 8.56. The molecule has 0 saturated carbocycles. The van der Waals surface area contributed by atoms with Crippen molar-refractivity contribution < 1.29 is 23.5 Å². The molecule has 9 heteroatoms. The van der Waals surface area contributed by atoms with E-state index in [9.17, 15) is 18.8 Å². The Morgan fingerprint density at radius 3 is 2.53 bits per heavy atom. The maximum atomic E-state index is 13.6. The van der Waals surface area contributed by atoms with Gasteiger partial charge in [0.25, 0.3) is 0 Å². The summed E-state index contributed by atoms with van der Waals surface area (Å²) in [5, 5.41) is 5.52. The van der Waals surface area contributed by atoms with E-state index in [0.29, 0.717) is 18.0 Å². The molecule has 3 amide bonds. The lowest BCUT2D eigenvalue weighted by atomic mass is 10.0. The van der Waals surface area contributed by atoms with Gasteiger partial charge >= 0.3 is 0 Å². The number of hydrogen-bond donors (Lipinski definition) is 2. The molecule has 0 unspecified atom stereocenters. The minimum Gasteiger partial charge on any atom is -0.376 e. The van der Waals surface area contributed by atoms with Gasteiger partial charge < -0.3 is 20.3 Å². The molecule has 8 nitrogen and oxygen atoms in total. The Morgan fingerprint density at radius 2 is 1.91 bits per heavy atom. The maximum Gasteiger partial charge on any atom is 0.247 e. The van der Waals surface area contributed by atoms with Crippen LogP contribution < -0.4 is 10.6 Å². The summed E-state index contributed by atoms with van der Waals surface area (Å²) in [4.78, 5) is 44.5. The molecule has 1 aromatic heterocycles. The van der Waals surface area contributed by atoms with Gasteiger partial charge in [-0.15, -0.1) is 0 Å². The number of ether oxygens (including phenoxy) is 1. The molecule has 2 N–H and O–H groups in total. The average Bonchev–Trinajstić information content (AvgIpc) is 3.32. The molecule has 34 heavy (non-hydrogen) atoms. The second-order valence-corrected chi connectivity index (χ2v) is 8.56. The molecule has 0 spiro atoms. The molecule has 2 aromatic rings. The van der Waals surface area contributed by atoms with Gasteiger partial charge in [0.2, 0.25) is 17.7 Å². The van der Waals surface area contributed by atoms with Crippen LogP contribution in [-0.4, -0.2) is 52.9 Å². The van der Waals surface area contributed by atoms with Gasteiger partial charge in [0.15, 0.2) is 0 Å². The molecule has 182 valence electrons. The molecule has 0 radical (unpaired) electrons. The van der Waals surface area contributed by atoms with Gasteiger partial charge in [0.05, 0.1) is 6.10 Å². The molecule has 1 fully saturated rings. The van der Waals surface area contributed by atoms with Crippen LogP contribution >= 0.6 is 0 Å². The fourth-order valence-electron chi connectivity index (χ4n) is 3.85. The first-order valence-corrected chi connectivity index (χ1v) is 11.5. The number of hydrogen-bond acceptors (Lipinski definition) is 5. The number of carbonyl (C=O) groups is 3. The molecule has 2 atom stereocenters. The third kappa shape index (κ3) is 7.34. The highest BCUT2D eigenvalue weighted by molar-refractivity contribution is 5.94. The number of anilines is 1. The fourth-order valence-corrected chi connectivity index (χ4v) is 3.85. The average molecular weight is 471 g/mol. The van der Waals surface area contributed by atoms with E-state index in [1.807, 2.05) is 13.8 Å². The Hall–Kier alpha value is -3.33. The van der Waals surface area contributed by atoms with Crippen LogP contribution in [-0.2, 0) is 19.1 Å². The molecule has 0 aliphatic carbocycles. The van der Waals surface area contributed by atoms with Gasteiger partial charge in [-0.25, -0.2) is 9.37 Å². The van der Waals surface area contributed by atoms with Crippen LogP contribution in [0.5, 0.6) is 0 Å². The smallest absolute Gasteiger partial charge is 0.247 e. The van der Waals surface area contributed by atoms with E-state index in [4.69, 9.17) is 4.74 Å². The van der Waals surface area contributed by atoms with Crippen LogP contribution in [0, 0.1) is 5.82 Å². The first-order chi connectivity index (χ1) is 16.3. The van der Waals surface area contributed by atoms with Gasteiger partial charge in [-0.2, -0.15) is 0 Å². The summed E-state index contributed by atoms with van der Waals surface area (Å²) in [5.41, 5.74) is 0.490. The Labute approximate surface area is 198 Å². The normalized spacial score (nSPS) is 16.2. The van der Waals surface area contributed by atoms with Crippen molar-refractivity contribution in [1.82, 2.24) is 15.2 Å². The highest BCUT2D eigenvalue weighted by Crippen LogP contribution is 2.26. The zero-order valence-electron chi connectivity index (χ0n) is 19.5. The number of benzene rings is 1. The van der Waals surface area contributed by atoms with Gasteiger partial charge in [-0.1, -0.05) is 18.2 Å². The van der Waals surface area contributed by atoms with Crippen LogP contribution in [0.2, 0.25) is 0 Å². The van der Waals surface area contributed by atoms with E-state index in [1.54, 1.807) is 24.4 Å². The summed E-state index contributed by atoms with van der Waals surface area (Å²) in [6, 6.07) is 9.55. The molecule has 3 rings (SSSR count). The van der Waals surface area contributed by atoms with Crippen molar-refractivity contribution in [2.24, 2.45) is 0 Å². The maximum absolute atomic E-state index is 13.6. The van der Waals surface area contributed by atoms with E-state index in [2.05, 4.69) is 15.6 Å². The lowest BCUT2D eigenvalue weighted by Crippen LogP contribution is -2.48. The number of nitrogens with zero attached hydrogens (tertiary/aromatic N) is 2. The first kappa shape index (κ1) is 25.3. The predicted molar refractivity (Wildman–Crippen MR) is 125 cm³/mol. The molecule has 0 bridgehead atoms. The van der Waals surface area contributed by atoms with Crippen LogP contribution in [0.1, 0.15) is 51.1 Å². The van der Waals surface area contributed by atoms with Gasteiger partial charge in [-0.3, -0.25) is 14.4 Å². The zero-order chi connectivity index (χ0) is 24.5. The fraction of sp³-hybridized carbons (Fsp3) is 0.440. The number of rotatable bonds is 10. The third-order valence-electron chi connectivity index (χ3n) is 5.42. The van der Waals surface area contributed by atoms with Crippen molar-refractivity contribution in [2.45, 2.75) is 57.7 Å². The molecule has 1 saturated heterocycles. The van der Waals surface area contributed by atoms with Crippen LogP contribution in [0.25, 0.3) is 0 Å². The predicted octanol–water partition coefficient (Wildman–Crippen LogP) is 3.21. The van der Waals surface area contributed by atoms with E-state index >= 15 is 0 Å². The largest absolute Gasteiger partial charge is 0.376 e. The summed E-state index contributed by atoms with van der Waals surface area (Å²) < 4.78 is 19.3. The summed E-state index contributed by atoms with van der Waals surface area (Å²) in [6.07, 6.45) is 2.83. The Morgan fingerprint density at radius 1 is 1.15 bits per heavy atom. The topological polar surface area (TPSA) is 101 Å². The van der Waals surface area contributed by atoms with Crippen molar-refractivity contribution in [1.29, 1.82) is 0 Å². The highest BCUT2D eigenvalue weighted by Gasteiger charge is 2.34. The van der Waals surface area contributed by atoms with Gasteiger partial charge in [0, 0.05) is 38.2 Å². The number of halogens is 1. The number of carbonyl (C=O) groups excluding carboxylic acids is 3. The van der Waals surface area contributed by atoms with Crippen molar-refractivity contribution >= 4 is 23.5 Å². The lowest BCUT2D eigenvalue weighted by molar-refractivity contribution is -0.143. The second kappa shape index (κ2) is 12.2. The van der Waals surface area contributed by atoms with E-state index < -0.39 is 11.9 Å². The monoisotopic (exact) mass is 470 g/mol. The molecule has 1 aromatic carbocycles. The van der Waals surface area contributed by atoms with E-state index in [-0.39, 0.29) is 49.3 Å². The third-order valence-corrected chi connectivity index (χ3v) is 5.42. The van der Waals surface area contributed by atoms with Gasteiger partial charge in [-0.05, 0) is 56.5 Å². The summed E-state index contributed by atoms with van der Waals surface area (Å²) in [5.74, 6) is -1.12. The Bertz CT molecular complexity index is 963. The Balaban J connectivity index is 1.80. The highest BCUT2D eigenvalue weighted by atomic mass is 19.1. The molecule has 1 aliphatic rings. The van der Waals surface area contributed by atoms with Gasteiger partial charge in [0.1, 0.15) is 17.7 Å². The summed E-state index contributed by atoms with van der Waals surface area (Å²) >= 11 is 0. The molecule has 2 heterocycles. The van der Waals surface area contributed by atoms with Crippen molar-refractivity contribution in [3.05, 3.63) is 60.0 Å². The molecular formula is C25H31FN4O4. The van der Waals surface area contributed by atoms with Crippen molar-refractivity contribution in [3.8, 4) is 0 Å². The van der Waals surface area contributed by atoms with Crippen LogP contribution in [0.15, 0.2) is 48.7 Å². The zero-order valence-corrected chi connectivity index (χ0v) is 19.5. The molecular weight excluding hydrogens is 439 g/mol. The van der Waals surface area contributed by atoms with Crippen LogP contribution in [0.3, 0.4) is 0 Å². The van der Waals surface area contributed by atoms with Crippen molar-refractivity contribution in [2.75, 3.05) is 18.5 Å². The van der Waals surface area contributed by atoms with Crippen molar-refractivity contribution in [3.63, 3.8) is 0 Å². The standard InChI is InChI=1S/C25H31FN4O4/c1-17(2)28-25(33)24(18-8-10-19(26)11-9-18)30(16-20-6-5-15-34-20)23(32)13-12-22(31)29-21-7-3-4-14-27-21/h3-4,7-11,14,17,20,24H,5-6,12-13,15-16H2,1-2H3,(H,28,33)(H,27,29,31)/t20-,24-/m0/s1. The van der Waals surface area contributed by atoms with E-state index in [1.165, 1.54) is 29.2 Å². The summed E-state index contributed by atoms with van der Waals surface area (Å²) in [6.45, 7) is 4.45. The quantitative estimate of drug-likeness (QED) is 0.555. The lowest BCUT2D eigenvalue weighted by Gasteiger charge is -2.33.